The van der Waals surface area contributed by atoms with E-state index in [-0.39, 0.29) is 12.5 Å². The van der Waals surface area contributed by atoms with Gasteiger partial charge in [0.2, 0.25) is 0 Å². The first-order valence-corrected chi connectivity index (χ1v) is 12.9. The topological polar surface area (TPSA) is 105 Å². The van der Waals surface area contributed by atoms with Crippen LogP contribution in [0.15, 0.2) is 30.3 Å². The fourth-order valence-electron chi connectivity index (χ4n) is 5.54. The van der Waals surface area contributed by atoms with Gasteiger partial charge < -0.3 is 10.2 Å². The Labute approximate surface area is 213 Å². The van der Waals surface area contributed by atoms with Gasteiger partial charge in [-0.2, -0.15) is 18.3 Å². The van der Waals surface area contributed by atoms with Crippen LogP contribution >= 0.6 is 0 Å². The minimum absolute atomic E-state index is 0.191. The van der Waals surface area contributed by atoms with Gasteiger partial charge in [-0.3, -0.25) is 15.9 Å². The lowest BCUT2D eigenvalue weighted by Gasteiger charge is -2.36. The zero-order valence-corrected chi connectivity index (χ0v) is 20.8. The van der Waals surface area contributed by atoms with E-state index < -0.39 is 11.9 Å². The second-order valence-electron chi connectivity index (χ2n) is 10.2. The molecular formula is C27H32F3N7. The van der Waals surface area contributed by atoms with Crippen molar-refractivity contribution >= 4 is 23.1 Å². The van der Waals surface area contributed by atoms with Crippen LogP contribution in [0.4, 0.5) is 13.2 Å². The highest BCUT2D eigenvalue weighted by Gasteiger charge is 2.35. The van der Waals surface area contributed by atoms with Gasteiger partial charge in [-0.25, -0.2) is 4.98 Å². The number of pyridine rings is 1. The van der Waals surface area contributed by atoms with Crippen molar-refractivity contribution < 1.29 is 13.2 Å². The second-order valence-corrected chi connectivity index (χ2v) is 10.2. The van der Waals surface area contributed by atoms with Crippen LogP contribution in [-0.2, 0) is 12.7 Å². The predicted octanol–water partition coefficient (Wildman–Crippen LogP) is 6.08. The number of nitrogens with one attached hydrogen (secondary N) is 4. The monoisotopic (exact) mass is 511 g/mol. The first kappa shape index (κ1) is 25.4. The molecule has 4 N–H and O–H groups in total. The van der Waals surface area contributed by atoms with Crippen molar-refractivity contribution in [3.05, 3.63) is 47.3 Å². The maximum atomic E-state index is 13.8. The van der Waals surface area contributed by atoms with Crippen molar-refractivity contribution in [2.75, 3.05) is 7.05 Å². The number of hydrogen-bond acceptors (Lipinski definition) is 5. The van der Waals surface area contributed by atoms with E-state index in [4.69, 9.17) is 10.8 Å². The zero-order valence-electron chi connectivity index (χ0n) is 20.8. The lowest BCUT2D eigenvalue weighted by molar-refractivity contribution is -0.141. The number of nitrogens with zero attached hydrogens (tertiary/aromatic N) is 3. The molecule has 1 unspecified atom stereocenters. The van der Waals surface area contributed by atoms with E-state index in [0.717, 1.165) is 62.9 Å². The molecule has 3 aromatic rings. The SMILES string of the molecule is CN(C=N)C(=N)C(c1cccc(-c2n[nH]c3c(CNC4CCCC4)nc(C(F)(F)F)cc23)c1)C1CCC1. The van der Waals surface area contributed by atoms with Gasteiger partial charge in [0.15, 0.2) is 0 Å². The Bertz CT molecular complexity index is 1290. The van der Waals surface area contributed by atoms with Gasteiger partial charge in [0.25, 0.3) is 0 Å². The van der Waals surface area contributed by atoms with Crippen LogP contribution in [0, 0.1) is 16.7 Å². The van der Waals surface area contributed by atoms with Gasteiger partial charge in [-0.05, 0) is 49.3 Å². The summed E-state index contributed by atoms with van der Waals surface area (Å²) in [5.41, 5.74) is 1.92. The molecule has 0 spiro atoms. The average molecular weight is 512 g/mol. The van der Waals surface area contributed by atoms with Crippen molar-refractivity contribution in [3.8, 4) is 11.3 Å². The molecule has 0 saturated heterocycles. The molecule has 7 nitrogen and oxygen atoms in total. The number of aromatic amines is 1. The van der Waals surface area contributed by atoms with Gasteiger partial charge in [0.1, 0.15) is 17.2 Å². The predicted molar refractivity (Wildman–Crippen MR) is 138 cm³/mol. The summed E-state index contributed by atoms with van der Waals surface area (Å²) in [6.45, 7) is 0.240. The van der Waals surface area contributed by atoms with Crippen LogP contribution in [0.5, 0.6) is 0 Å². The molecule has 37 heavy (non-hydrogen) atoms. The largest absolute Gasteiger partial charge is 0.433 e. The molecule has 0 aliphatic heterocycles. The molecular weight excluding hydrogens is 479 g/mol. The van der Waals surface area contributed by atoms with Gasteiger partial charge in [0, 0.05) is 36.5 Å². The summed E-state index contributed by atoms with van der Waals surface area (Å²) >= 11 is 0. The molecule has 0 bridgehead atoms. The molecule has 196 valence electrons. The van der Waals surface area contributed by atoms with E-state index in [1.165, 1.54) is 4.90 Å². The minimum Gasteiger partial charge on any atom is -0.324 e. The maximum Gasteiger partial charge on any atom is 0.433 e. The van der Waals surface area contributed by atoms with E-state index >= 15 is 0 Å². The van der Waals surface area contributed by atoms with E-state index in [2.05, 4.69) is 20.5 Å². The number of halogens is 3. The molecule has 2 heterocycles. The van der Waals surface area contributed by atoms with Crippen molar-refractivity contribution in [1.29, 1.82) is 10.8 Å². The quantitative estimate of drug-likeness (QED) is 0.217. The molecule has 2 fully saturated rings. The molecule has 0 radical (unpaired) electrons. The Morgan fingerprint density at radius 3 is 2.59 bits per heavy atom. The first-order valence-electron chi connectivity index (χ1n) is 12.9. The van der Waals surface area contributed by atoms with Gasteiger partial charge >= 0.3 is 6.18 Å². The minimum atomic E-state index is -4.57. The summed E-state index contributed by atoms with van der Waals surface area (Å²) in [5, 5.41) is 27.4. The molecule has 1 aromatic carbocycles. The Balaban J connectivity index is 1.55. The highest BCUT2D eigenvalue weighted by atomic mass is 19.4. The fourth-order valence-corrected chi connectivity index (χ4v) is 5.54. The number of likely N-dealkylation sites (N-methyl/N-ethyl adjacent to an activating group) is 1. The van der Waals surface area contributed by atoms with Gasteiger partial charge in [0.05, 0.1) is 17.5 Å². The number of rotatable bonds is 8. The van der Waals surface area contributed by atoms with Crippen molar-refractivity contribution in [1.82, 2.24) is 25.4 Å². The average Bonchev–Trinajstić information content (AvgIpc) is 3.53. The summed E-state index contributed by atoms with van der Waals surface area (Å²) < 4.78 is 41.5. The Morgan fingerprint density at radius 2 is 1.95 bits per heavy atom. The summed E-state index contributed by atoms with van der Waals surface area (Å²) in [4.78, 5) is 5.47. The second kappa shape index (κ2) is 10.2. The lowest BCUT2D eigenvalue weighted by Crippen LogP contribution is -2.36. The molecule has 2 saturated carbocycles. The highest BCUT2D eigenvalue weighted by Crippen LogP contribution is 2.42. The Morgan fingerprint density at radius 1 is 1.19 bits per heavy atom. The number of alkyl halides is 3. The van der Waals surface area contributed by atoms with Crippen LogP contribution in [0.3, 0.4) is 0 Å². The zero-order chi connectivity index (χ0) is 26.2. The summed E-state index contributed by atoms with van der Waals surface area (Å²) in [7, 11) is 1.69. The van der Waals surface area contributed by atoms with Crippen LogP contribution < -0.4 is 5.32 Å². The van der Waals surface area contributed by atoms with E-state index in [1.807, 2.05) is 24.3 Å². The maximum absolute atomic E-state index is 13.8. The lowest BCUT2D eigenvalue weighted by atomic mass is 9.72. The number of fused-ring (bicyclic) bond motifs is 1. The number of amidine groups is 1. The first-order chi connectivity index (χ1) is 17.8. The van der Waals surface area contributed by atoms with E-state index in [0.29, 0.717) is 45.6 Å². The van der Waals surface area contributed by atoms with Crippen molar-refractivity contribution in [2.45, 2.75) is 69.6 Å². The molecule has 2 aliphatic carbocycles. The number of H-pyrrole nitrogens is 1. The third-order valence-corrected chi connectivity index (χ3v) is 7.84. The fraction of sp³-hybridized carbons (Fsp3) is 0.481. The van der Waals surface area contributed by atoms with Crippen LogP contribution in [0.1, 0.15) is 67.8 Å². The van der Waals surface area contributed by atoms with Crippen LogP contribution in [0.25, 0.3) is 22.2 Å². The Hall–Kier alpha value is -3.27. The van der Waals surface area contributed by atoms with Crippen molar-refractivity contribution in [2.24, 2.45) is 5.92 Å². The molecule has 10 heteroatoms. The smallest absolute Gasteiger partial charge is 0.324 e. The molecule has 2 aliphatic rings. The summed E-state index contributed by atoms with van der Waals surface area (Å²) in [6.07, 6.45) is 3.97. The summed E-state index contributed by atoms with van der Waals surface area (Å²) in [6, 6.07) is 8.95. The third kappa shape index (κ3) is 5.12. The van der Waals surface area contributed by atoms with Gasteiger partial charge in [-0.1, -0.05) is 37.5 Å². The molecule has 1 atom stereocenters. The third-order valence-electron chi connectivity index (χ3n) is 7.84. The standard InChI is InChI=1S/C27H32F3N7/c1-37(15-31)26(32)23(16-6-4-7-16)17-8-5-9-18(12-17)24-20-13-22(27(28,29)30)34-21(25(20)36-35-24)14-33-19-10-2-3-11-19/h5,8-9,12-13,15-16,19,23,31-33H,2-4,6-7,10-11,14H2,1H3,(H,35,36). The highest BCUT2D eigenvalue weighted by molar-refractivity contribution is 5.96. The molecule has 2 aromatic heterocycles. The normalized spacial score (nSPS) is 17.6. The van der Waals surface area contributed by atoms with Gasteiger partial charge in [-0.15, -0.1) is 0 Å². The molecule has 0 amide bonds. The molecule has 5 rings (SSSR count). The van der Waals surface area contributed by atoms with Crippen molar-refractivity contribution in [3.63, 3.8) is 0 Å². The van der Waals surface area contributed by atoms with E-state index in [1.54, 1.807) is 7.05 Å². The van der Waals surface area contributed by atoms with Crippen LogP contribution in [-0.4, -0.2) is 45.3 Å². The number of aromatic nitrogens is 3. The summed E-state index contributed by atoms with van der Waals surface area (Å²) in [5.74, 6) is 0.451. The Kier molecular flexibility index (Phi) is 7.02. The van der Waals surface area contributed by atoms with Crippen LogP contribution in [0.2, 0.25) is 0 Å². The number of benzene rings is 1. The van der Waals surface area contributed by atoms with E-state index in [9.17, 15) is 13.2 Å². The number of hydrogen-bond donors (Lipinski definition) is 4.